The SMILES string of the molecule is CS(=O)CCNC1CCCNCC1. The van der Waals surface area contributed by atoms with E-state index in [4.69, 9.17) is 0 Å². The Balaban J connectivity index is 2.08. The Kier molecular flexibility index (Phi) is 5.58. The van der Waals surface area contributed by atoms with Crippen LogP contribution in [0.3, 0.4) is 0 Å². The fourth-order valence-corrected chi connectivity index (χ4v) is 2.04. The lowest BCUT2D eigenvalue weighted by atomic mass is 10.1. The van der Waals surface area contributed by atoms with E-state index in [1.54, 1.807) is 6.26 Å². The smallest absolute Gasteiger partial charge is 0.0357 e. The molecular weight excluding hydrogens is 184 g/mol. The molecule has 0 radical (unpaired) electrons. The van der Waals surface area contributed by atoms with Gasteiger partial charge in [0.1, 0.15) is 0 Å². The van der Waals surface area contributed by atoms with E-state index in [1.165, 1.54) is 19.3 Å². The van der Waals surface area contributed by atoms with Crippen molar-refractivity contribution in [1.82, 2.24) is 10.6 Å². The first kappa shape index (κ1) is 11.1. The van der Waals surface area contributed by atoms with Crippen molar-refractivity contribution in [1.29, 1.82) is 0 Å². The van der Waals surface area contributed by atoms with Crippen molar-refractivity contribution in [3.8, 4) is 0 Å². The molecule has 13 heavy (non-hydrogen) atoms. The summed E-state index contributed by atoms with van der Waals surface area (Å²) in [6.45, 7) is 3.17. The summed E-state index contributed by atoms with van der Waals surface area (Å²) >= 11 is 0. The van der Waals surface area contributed by atoms with Crippen LogP contribution in [0.1, 0.15) is 19.3 Å². The third-order valence-corrected chi connectivity index (χ3v) is 3.18. The lowest BCUT2D eigenvalue weighted by Gasteiger charge is -2.14. The predicted octanol–water partition coefficient (Wildman–Crippen LogP) is 0.0966. The molecule has 1 rings (SSSR count). The van der Waals surface area contributed by atoms with Crippen molar-refractivity contribution in [3.05, 3.63) is 0 Å². The Morgan fingerprint density at radius 1 is 1.46 bits per heavy atom. The van der Waals surface area contributed by atoms with Crippen molar-refractivity contribution < 1.29 is 4.21 Å². The summed E-state index contributed by atoms with van der Waals surface area (Å²) in [7, 11) is -0.652. The van der Waals surface area contributed by atoms with Crippen LogP contribution in [0.15, 0.2) is 0 Å². The minimum atomic E-state index is -0.652. The first-order valence-electron chi connectivity index (χ1n) is 5.03. The standard InChI is InChI=1S/C9H20N2OS/c1-13(12)8-7-11-9-3-2-5-10-6-4-9/h9-11H,2-8H2,1H3. The normalized spacial score (nSPS) is 26.7. The summed E-state index contributed by atoms with van der Waals surface area (Å²) in [6, 6.07) is 0.638. The third kappa shape index (κ3) is 5.39. The van der Waals surface area contributed by atoms with Crippen LogP contribution in [0.25, 0.3) is 0 Å². The zero-order chi connectivity index (χ0) is 9.52. The highest BCUT2D eigenvalue weighted by Crippen LogP contribution is 2.04. The molecule has 0 aromatic heterocycles. The van der Waals surface area contributed by atoms with E-state index in [9.17, 15) is 4.21 Å². The Morgan fingerprint density at radius 2 is 2.31 bits per heavy atom. The molecule has 3 nitrogen and oxygen atoms in total. The van der Waals surface area contributed by atoms with Crippen LogP contribution in [0, 0.1) is 0 Å². The lowest BCUT2D eigenvalue weighted by Crippen LogP contribution is -2.32. The molecule has 0 aliphatic carbocycles. The van der Waals surface area contributed by atoms with Gasteiger partial charge in [0, 0.05) is 35.4 Å². The molecule has 1 aliphatic rings. The Labute approximate surface area is 83.1 Å². The van der Waals surface area contributed by atoms with Crippen LogP contribution in [-0.4, -0.2) is 41.9 Å². The topological polar surface area (TPSA) is 41.1 Å². The fourth-order valence-electron chi connectivity index (χ4n) is 1.63. The second-order valence-corrected chi connectivity index (χ2v) is 5.16. The third-order valence-electron chi connectivity index (χ3n) is 2.40. The highest BCUT2D eigenvalue weighted by atomic mass is 32.2. The van der Waals surface area contributed by atoms with Gasteiger partial charge in [0.05, 0.1) is 0 Å². The van der Waals surface area contributed by atoms with Gasteiger partial charge in [-0.05, 0) is 32.4 Å². The van der Waals surface area contributed by atoms with Crippen LogP contribution < -0.4 is 10.6 Å². The molecule has 4 heteroatoms. The maximum absolute atomic E-state index is 10.8. The fraction of sp³-hybridized carbons (Fsp3) is 1.00. The molecule has 2 N–H and O–H groups in total. The molecule has 2 unspecified atom stereocenters. The number of hydrogen-bond acceptors (Lipinski definition) is 3. The molecule has 0 bridgehead atoms. The maximum Gasteiger partial charge on any atom is 0.0357 e. The summed E-state index contributed by atoms with van der Waals surface area (Å²) in [6.07, 6.45) is 5.48. The van der Waals surface area contributed by atoms with E-state index in [2.05, 4.69) is 10.6 Å². The first-order valence-corrected chi connectivity index (χ1v) is 6.76. The van der Waals surface area contributed by atoms with E-state index in [0.29, 0.717) is 6.04 Å². The summed E-state index contributed by atoms with van der Waals surface area (Å²) in [5, 5.41) is 6.84. The Morgan fingerprint density at radius 3 is 3.08 bits per heavy atom. The summed E-state index contributed by atoms with van der Waals surface area (Å²) < 4.78 is 10.8. The summed E-state index contributed by atoms with van der Waals surface area (Å²) in [4.78, 5) is 0. The van der Waals surface area contributed by atoms with E-state index >= 15 is 0 Å². The van der Waals surface area contributed by atoms with Gasteiger partial charge in [-0.25, -0.2) is 0 Å². The van der Waals surface area contributed by atoms with Crippen LogP contribution in [0.4, 0.5) is 0 Å². The minimum absolute atomic E-state index is 0.638. The van der Waals surface area contributed by atoms with Gasteiger partial charge in [0.15, 0.2) is 0 Å². The van der Waals surface area contributed by atoms with Crippen molar-refractivity contribution in [2.24, 2.45) is 0 Å². The van der Waals surface area contributed by atoms with E-state index < -0.39 is 10.8 Å². The largest absolute Gasteiger partial charge is 0.317 e. The minimum Gasteiger partial charge on any atom is -0.317 e. The second-order valence-electron chi connectivity index (χ2n) is 3.61. The molecule has 0 amide bonds. The van der Waals surface area contributed by atoms with Gasteiger partial charge in [-0.1, -0.05) is 0 Å². The molecule has 0 aromatic carbocycles. The molecule has 1 fully saturated rings. The molecule has 2 atom stereocenters. The van der Waals surface area contributed by atoms with E-state index in [0.717, 1.165) is 25.4 Å². The quantitative estimate of drug-likeness (QED) is 0.682. The van der Waals surface area contributed by atoms with Crippen molar-refractivity contribution in [3.63, 3.8) is 0 Å². The van der Waals surface area contributed by atoms with Crippen molar-refractivity contribution in [2.45, 2.75) is 25.3 Å². The van der Waals surface area contributed by atoms with Gasteiger partial charge in [-0.15, -0.1) is 0 Å². The van der Waals surface area contributed by atoms with Gasteiger partial charge in [-0.2, -0.15) is 0 Å². The molecule has 1 aliphatic heterocycles. The van der Waals surface area contributed by atoms with E-state index in [-0.39, 0.29) is 0 Å². The highest BCUT2D eigenvalue weighted by molar-refractivity contribution is 7.84. The Hall–Kier alpha value is 0.0700. The monoisotopic (exact) mass is 204 g/mol. The lowest BCUT2D eigenvalue weighted by molar-refractivity contribution is 0.483. The van der Waals surface area contributed by atoms with Gasteiger partial charge in [0.25, 0.3) is 0 Å². The van der Waals surface area contributed by atoms with Gasteiger partial charge < -0.3 is 10.6 Å². The molecule has 1 heterocycles. The van der Waals surface area contributed by atoms with Crippen LogP contribution in [0.2, 0.25) is 0 Å². The van der Waals surface area contributed by atoms with Crippen molar-refractivity contribution >= 4 is 10.8 Å². The molecule has 78 valence electrons. The van der Waals surface area contributed by atoms with Gasteiger partial charge in [-0.3, -0.25) is 4.21 Å². The highest BCUT2D eigenvalue weighted by Gasteiger charge is 2.10. The van der Waals surface area contributed by atoms with Gasteiger partial charge in [0.2, 0.25) is 0 Å². The van der Waals surface area contributed by atoms with E-state index in [1.807, 2.05) is 0 Å². The zero-order valence-corrected chi connectivity index (χ0v) is 9.16. The zero-order valence-electron chi connectivity index (χ0n) is 8.34. The predicted molar refractivity (Wildman–Crippen MR) is 57.4 cm³/mol. The number of hydrogen-bond donors (Lipinski definition) is 2. The van der Waals surface area contributed by atoms with Crippen LogP contribution in [-0.2, 0) is 10.8 Å². The van der Waals surface area contributed by atoms with Crippen LogP contribution >= 0.6 is 0 Å². The average Bonchev–Trinajstić information content (AvgIpc) is 2.32. The van der Waals surface area contributed by atoms with Crippen LogP contribution in [0.5, 0.6) is 0 Å². The molecule has 0 aromatic rings. The molecular formula is C9H20N2OS. The van der Waals surface area contributed by atoms with Gasteiger partial charge >= 0.3 is 0 Å². The molecule has 0 spiro atoms. The molecule has 1 saturated heterocycles. The number of nitrogens with one attached hydrogen (secondary N) is 2. The molecule has 0 saturated carbocycles. The Bertz CT molecular complexity index is 156. The average molecular weight is 204 g/mol. The second kappa shape index (κ2) is 6.51. The summed E-state index contributed by atoms with van der Waals surface area (Å²) in [5.74, 6) is 0.782. The maximum atomic E-state index is 10.8. The summed E-state index contributed by atoms with van der Waals surface area (Å²) in [5.41, 5.74) is 0. The first-order chi connectivity index (χ1) is 6.29. The number of rotatable bonds is 4. The van der Waals surface area contributed by atoms with Crippen molar-refractivity contribution in [2.75, 3.05) is 31.6 Å².